The summed E-state index contributed by atoms with van der Waals surface area (Å²) in [6, 6.07) is 67.9. The summed E-state index contributed by atoms with van der Waals surface area (Å²) in [5, 5.41) is 12.7. The molecule has 3 heteroatoms. The molecule has 59 heavy (non-hydrogen) atoms. The van der Waals surface area contributed by atoms with E-state index in [0.717, 1.165) is 12.8 Å². The lowest BCUT2D eigenvalue weighted by Crippen LogP contribution is -2.16. The van der Waals surface area contributed by atoms with Gasteiger partial charge in [-0.2, -0.15) is 0 Å². The molecule has 0 saturated carbocycles. The second-order valence-corrected chi connectivity index (χ2v) is 17.0. The molecule has 0 atom stereocenters. The van der Waals surface area contributed by atoms with E-state index in [1.54, 1.807) is 0 Å². The zero-order valence-electron chi connectivity index (χ0n) is 32.2. The molecule has 0 radical (unpaired) electrons. The van der Waals surface area contributed by atoms with Crippen LogP contribution >= 0.6 is 11.8 Å². The molecule has 0 fully saturated rings. The number of rotatable bonds is 3. The summed E-state index contributed by atoms with van der Waals surface area (Å²) in [5.74, 6) is 0. The van der Waals surface area contributed by atoms with Gasteiger partial charge in [0.25, 0.3) is 0 Å². The Kier molecular flexibility index (Phi) is 7.10. The van der Waals surface area contributed by atoms with E-state index in [4.69, 9.17) is 0 Å². The smallest absolute Gasteiger partial charge is 0.0619 e. The normalized spacial score (nSPS) is 13.5. The van der Waals surface area contributed by atoms with Crippen molar-refractivity contribution in [1.82, 2.24) is 4.57 Å². The zero-order chi connectivity index (χ0) is 38.6. The number of allylic oxidation sites excluding steroid dienone is 1. The Hall–Kier alpha value is -7.07. The summed E-state index contributed by atoms with van der Waals surface area (Å²) in [6.07, 6.45) is 6.87. The first kappa shape index (κ1) is 33.0. The van der Waals surface area contributed by atoms with Crippen molar-refractivity contribution in [2.75, 3.05) is 4.90 Å². The zero-order valence-corrected chi connectivity index (χ0v) is 33.0. The summed E-state index contributed by atoms with van der Waals surface area (Å²) in [6.45, 7) is 0. The largest absolute Gasteiger partial charge is 0.309 e. The quantitative estimate of drug-likeness (QED) is 0.165. The lowest BCUT2D eigenvalue weighted by Gasteiger charge is -2.35. The van der Waals surface area contributed by atoms with Crippen molar-refractivity contribution in [3.05, 3.63) is 199 Å². The minimum absolute atomic E-state index is 1.09. The van der Waals surface area contributed by atoms with Gasteiger partial charge in [-0.05, 0) is 127 Å². The van der Waals surface area contributed by atoms with Crippen LogP contribution in [-0.4, -0.2) is 4.57 Å². The van der Waals surface area contributed by atoms with Gasteiger partial charge >= 0.3 is 0 Å². The number of para-hydroxylation sites is 1. The van der Waals surface area contributed by atoms with Crippen LogP contribution in [0.3, 0.4) is 0 Å². The van der Waals surface area contributed by atoms with Crippen molar-refractivity contribution in [1.29, 1.82) is 0 Å². The summed E-state index contributed by atoms with van der Waals surface area (Å²) >= 11 is 1.92. The van der Waals surface area contributed by atoms with Gasteiger partial charge in [0.15, 0.2) is 0 Å². The number of fused-ring (bicyclic) bond motifs is 15. The summed E-state index contributed by atoms with van der Waals surface area (Å²) in [5.41, 5.74) is 12.5. The van der Waals surface area contributed by atoms with Crippen molar-refractivity contribution in [2.45, 2.75) is 22.6 Å². The lowest BCUT2D eigenvalue weighted by atomic mass is 9.94. The monoisotopic (exact) mass is 768 g/mol. The summed E-state index contributed by atoms with van der Waals surface area (Å²) < 4.78 is 2.51. The van der Waals surface area contributed by atoms with E-state index >= 15 is 0 Å². The molecular weight excluding hydrogens is 733 g/mol. The van der Waals surface area contributed by atoms with Crippen molar-refractivity contribution < 1.29 is 0 Å². The van der Waals surface area contributed by atoms with E-state index < -0.39 is 0 Å². The van der Waals surface area contributed by atoms with Crippen LogP contribution in [-0.2, 0) is 6.42 Å². The Morgan fingerprint density at radius 1 is 0.441 bits per heavy atom. The first-order valence-corrected chi connectivity index (χ1v) is 21.4. The summed E-state index contributed by atoms with van der Waals surface area (Å²) in [4.78, 5) is 5.06. The number of hydrogen-bond acceptors (Lipinski definition) is 2. The lowest BCUT2D eigenvalue weighted by molar-refractivity contribution is 0.971. The third kappa shape index (κ3) is 4.89. The molecule has 0 bridgehead atoms. The van der Waals surface area contributed by atoms with Gasteiger partial charge in [-0.15, -0.1) is 0 Å². The molecule has 276 valence electrons. The Bertz CT molecular complexity index is 3560. The highest BCUT2D eigenvalue weighted by Gasteiger charge is 2.28. The van der Waals surface area contributed by atoms with Crippen LogP contribution in [0.4, 0.5) is 17.1 Å². The standard InChI is InChI=1S/C56H36N2S/c1-2-14-39(15-3-1)57-52-30-25-38(33-54(52)59-56-42-17-7-5-13-36(42)23-31-53(56)57)37-24-29-51-50(32-37)48-27-22-35-12-4-6-16-41(35)55(48)58(51)40-26-28-47-45-20-9-8-18-43(45)44-19-10-11-21-46(44)49(47)34-40/h1-4,6-12,14-34H,5,13H2. The van der Waals surface area contributed by atoms with Gasteiger partial charge in [0.1, 0.15) is 0 Å². The van der Waals surface area contributed by atoms with Gasteiger partial charge < -0.3 is 9.47 Å². The number of aromatic nitrogens is 1. The van der Waals surface area contributed by atoms with Gasteiger partial charge in [0.2, 0.25) is 0 Å². The number of anilines is 3. The highest BCUT2D eigenvalue weighted by atomic mass is 32.2. The molecule has 0 unspecified atom stereocenters. The summed E-state index contributed by atoms with van der Waals surface area (Å²) in [7, 11) is 0. The average Bonchev–Trinajstić information content (AvgIpc) is 3.65. The molecule has 1 aliphatic carbocycles. The Morgan fingerprint density at radius 2 is 1.10 bits per heavy atom. The predicted octanol–water partition coefficient (Wildman–Crippen LogP) is 16.0. The molecule has 10 aromatic carbocycles. The third-order valence-corrected chi connectivity index (χ3v) is 13.9. The first-order valence-electron chi connectivity index (χ1n) is 20.6. The van der Waals surface area contributed by atoms with Crippen molar-refractivity contribution in [2.24, 2.45) is 0 Å². The molecule has 0 spiro atoms. The predicted molar refractivity (Wildman–Crippen MR) is 252 cm³/mol. The fourth-order valence-electron chi connectivity index (χ4n) is 10.1. The van der Waals surface area contributed by atoms with E-state index in [1.807, 2.05) is 11.8 Å². The minimum atomic E-state index is 1.09. The molecule has 2 nitrogen and oxygen atoms in total. The second kappa shape index (κ2) is 12.7. The maximum atomic E-state index is 2.51. The van der Waals surface area contributed by atoms with E-state index in [2.05, 4.69) is 204 Å². The molecule has 1 aliphatic heterocycles. The average molecular weight is 769 g/mol. The van der Waals surface area contributed by atoms with Gasteiger partial charge in [0.05, 0.1) is 22.4 Å². The fourth-order valence-corrected chi connectivity index (χ4v) is 11.3. The number of hydrogen-bond donors (Lipinski definition) is 0. The van der Waals surface area contributed by atoms with Gasteiger partial charge in [0, 0.05) is 37.3 Å². The maximum Gasteiger partial charge on any atom is 0.0619 e. The molecule has 2 aliphatic rings. The van der Waals surface area contributed by atoms with Crippen LogP contribution in [0.25, 0.3) is 87.8 Å². The van der Waals surface area contributed by atoms with Gasteiger partial charge in [-0.3, -0.25) is 0 Å². The molecule has 13 rings (SSSR count). The number of benzene rings is 10. The van der Waals surface area contributed by atoms with E-state index in [1.165, 1.54) is 120 Å². The molecule has 0 N–H and O–H groups in total. The van der Waals surface area contributed by atoms with Crippen molar-refractivity contribution in [3.63, 3.8) is 0 Å². The second-order valence-electron chi connectivity index (χ2n) is 16.0. The maximum absolute atomic E-state index is 2.51. The number of aryl methyl sites for hydroxylation is 1. The Morgan fingerprint density at radius 3 is 1.92 bits per heavy atom. The molecule has 1 aromatic heterocycles. The van der Waals surface area contributed by atoms with Crippen LogP contribution in [0.2, 0.25) is 0 Å². The molecule has 0 amide bonds. The molecule has 11 aromatic rings. The highest BCUT2D eigenvalue weighted by molar-refractivity contribution is 7.99. The van der Waals surface area contributed by atoms with Crippen LogP contribution in [0.1, 0.15) is 17.5 Å². The third-order valence-electron chi connectivity index (χ3n) is 12.8. The molecular formula is C56H36N2S. The van der Waals surface area contributed by atoms with E-state index in [-0.39, 0.29) is 0 Å². The Labute approximate surface area is 346 Å². The van der Waals surface area contributed by atoms with E-state index in [9.17, 15) is 0 Å². The van der Waals surface area contributed by atoms with Crippen LogP contribution < -0.4 is 4.90 Å². The highest BCUT2D eigenvalue weighted by Crippen LogP contribution is 2.55. The fraction of sp³-hybridized carbons (Fsp3) is 0.0357. The van der Waals surface area contributed by atoms with Crippen LogP contribution in [0.5, 0.6) is 0 Å². The topological polar surface area (TPSA) is 8.17 Å². The molecule has 2 heterocycles. The first-order chi connectivity index (χ1) is 29.3. The Balaban J connectivity index is 1.02. The molecule has 0 saturated heterocycles. The van der Waals surface area contributed by atoms with Crippen LogP contribution in [0, 0.1) is 0 Å². The van der Waals surface area contributed by atoms with Crippen molar-refractivity contribution >= 4 is 99.8 Å². The minimum Gasteiger partial charge on any atom is -0.309 e. The SMILES string of the molecule is C1=Cc2c(ccc3c2Sc2cc(-c4ccc5c(c4)c4ccc6ccccc6c4n5-c4ccc5c6ccccc6c6ccccc6c5c4)ccc2N3c2ccccc2)CC1. The van der Waals surface area contributed by atoms with E-state index in [0.29, 0.717) is 0 Å². The van der Waals surface area contributed by atoms with Crippen molar-refractivity contribution in [3.8, 4) is 16.8 Å². The van der Waals surface area contributed by atoms with Crippen LogP contribution in [0.15, 0.2) is 198 Å². The van der Waals surface area contributed by atoms with Gasteiger partial charge in [-0.25, -0.2) is 0 Å². The number of nitrogens with zero attached hydrogens (tertiary/aromatic N) is 2. The van der Waals surface area contributed by atoms with Gasteiger partial charge in [-0.1, -0.05) is 151 Å².